The third-order valence-corrected chi connectivity index (χ3v) is 6.00. The molecule has 3 N–H and O–H groups in total. The van der Waals surface area contributed by atoms with E-state index in [1.165, 1.54) is 43.4 Å². The highest BCUT2D eigenvalue weighted by Crippen LogP contribution is 2.39. The second kappa shape index (κ2) is 7.03. The summed E-state index contributed by atoms with van der Waals surface area (Å²) >= 11 is 1.83. The van der Waals surface area contributed by atoms with Crippen molar-refractivity contribution in [2.45, 2.75) is 32.6 Å². The van der Waals surface area contributed by atoms with E-state index in [0.29, 0.717) is 0 Å². The van der Waals surface area contributed by atoms with Crippen LogP contribution in [0.15, 0.2) is 47.8 Å². The lowest BCUT2D eigenvalue weighted by Crippen LogP contribution is -1.99. The van der Waals surface area contributed by atoms with Gasteiger partial charge in [0.1, 0.15) is 0 Å². The molecule has 4 rings (SSSR count). The van der Waals surface area contributed by atoms with Crippen LogP contribution >= 0.6 is 11.3 Å². The number of thiophene rings is 1. The van der Waals surface area contributed by atoms with Gasteiger partial charge in [-0.2, -0.15) is 0 Å². The Morgan fingerprint density at radius 2 is 1.84 bits per heavy atom. The average Bonchev–Trinajstić information content (AvgIpc) is 3.23. The highest BCUT2D eigenvalue weighted by Gasteiger charge is 2.17. The van der Waals surface area contributed by atoms with E-state index in [1.54, 1.807) is 0 Å². The molecule has 0 amide bonds. The van der Waals surface area contributed by atoms with E-state index in [9.17, 15) is 0 Å². The fraction of sp³-hybridized carbons (Fsp3) is 0.273. The first kappa shape index (κ1) is 16.4. The Hall–Kier alpha value is -2.10. The molecular weight excluding hydrogens is 324 g/mol. The van der Waals surface area contributed by atoms with Gasteiger partial charge in [-0.05, 0) is 49.4 Å². The zero-order chi connectivity index (χ0) is 17.2. The lowest BCUT2D eigenvalue weighted by molar-refractivity contribution is 0.748. The van der Waals surface area contributed by atoms with Gasteiger partial charge in [-0.25, -0.2) is 0 Å². The number of unbranched alkanes of at least 4 members (excludes halogenated alkanes) is 1. The lowest BCUT2D eigenvalue weighted by atomic mass is 9.99. The van der Waals surface area contributed by atoms with E-state index in [1.807, 2.05) is 11.3 Å². The Kier molecular flexibility index (Phi) is 4.60. The van der Waals surface area contributed by atoms with Crippen molar-refractivity contribution < 1.29 is 0 Å². The van der Waals surface area contributed by atoms with Gasteiger partial charge in [-0.1, -0.05) is 43.3 Å². The number of para-hydroxylation sites is 1. The summed E-state index contributed by atoms with van der Waals surface area (Å²) in [4.78, 5) is 3.78. The Labute approximate surface area is 152 Å². The largest absolute Gasteiger partial charge is 0.354 e. The van der Waals surface area contributed by atoms with Crippen LogP contribution in [0.25, 0.3) is 32.2 Å². The molecule has 4 aromatic rings. The van der Waals surface area contributed by atoms with Crippen molar-refractivity contribution in [1.82, 2.24) is 4.98 Å². The maximum Gasteiger partial charge on any atom is 0.0512 e. The minimum Gasteiger partial charge on any atom is -0.354 e. The smallest absolute Gasteiger partial charge is 0.0512 e. The van der Waals surface area contributed by atoms with Gasteiger partial charge in [0.15, 0.2) is 0 Å². The van der Waals surface area contributed by atoms with Crippen LogP contribution in [0, 0.1) is 0 Å². The number of fused-ring (bicyclic) bond motifs is 2. The number of aromatic amines is 1. The van der Waals surface area contributed by atoms with Crippen molar-refractivity contribution >= 4 is 32.3 Å². The van der Waals surface area contributed by atoms with Gasteiger partial charge in [-0.3, -0.25) is 0 Å². The number of benzene rings is 2. The van der Waals surface area contributed by atoms with E-state index < -0.39 is 0 Å². The maximum atomic E-state index is 5.73. The number of H-pyrrole nitrogens is 1. The molecule has 2 aromatic heterocycles. The maximum absolute atomic E-state index is 5.73. The topological polar surface area (TPSA) is 41.8 Å². The molecule has 2 aromatic carbocycles. The van der Waals surface area contributed by atoms with Gasteiger partial charge in [0.05, 0.1) is 5.69 Å². The summed E-state index contributed by atoms with van der Waals surface area (Å²) in [5, 5.41) is 5.02. The van der Waals surface area contributed by atoms with E-state index >= 15 is 0 Å². The van der Waals surface area contributed by atoms with Gasteiger partial charge in [-0.15, -0.1) is 11.3 Å². The van der Waals surface area contributed by atoms with Crippen LogP contribution < -0.4 is 5.73 Å². The summed E-state index contributed by atoms with van der Waals surface area (Å²) in [6, 6.07) is 15.4. The number of aromatic nitrogens is 1. The van der Waals surface area contributed by atoms with E-state index in [2.05, 4.69) is 59.8 Å². The summed E-state index contributed by atoms with van der Waals surface area (Å²) < 4.78 is 1.35. The van der Waals surface area contributed by atoms with Crippen molar-refractivity contribution in [2.75, 3.05) is 6.54 Å². The molecule has 0 spiro atoms. The molecule has 0 unspecified atom stereocenters. The molecule has 0 aliphatic heterocycles. The van der Waals surface area contributed by atoms with Crippen LogP contribution in [0.2, 0.25) is 0 Å². The molecule has 0 saturated heterocycles. The molecule has 2 nitrogen and oxygen atoms in total. The fourth-order valence-corrected chi connectivity index (χ4v) is 4.69. The van der Waals surface area contributed by atoms with Gasteiger partial charge >= 0.3 is 0 Å². The van der Waals surface area contributed by atoms with E-state index in [0.717, 1.165) is 32.2 Å². The number of hydrogen-bond acceptors (Lipinski definition) is 2. The summed E-state index contributed by atoms with van der Waals surface area (Å²) in [5.41, 5.74) is 12.5. The monoisotopic (exact) mass is 348 g/mol. The summed E-state index contributed by atoms with van der Waals surface area (Å²) in [5.74, 6) is 0. The Bertz CT molecular complexity index is 1010. The molecule has 0 aliphatic carbocycles. The number of aryl methyl sites for hydroxylation is 2. The van der Waals surface area contributed by atoms with Gasteiger partial charge in [0, 0.05) is 31.9 Å². The van der Waals surface area contributed by atoms with E-state index in [4.69, 9.17) is 5.73 Å². The first-order chi connectivity index (χ1) is 12.3. The highest BCUT2D eigenvalue weighted by atomic mass is 32.1. The molecular formula is C22H24N2S. The normalized spacial score (nSPS) is 11.6. The van der Waals surface area contributed by atoms with Crippen LogP contribution in [-0.2, 0) is 12.8 Å². The fourth-order valence-electron chi connectivity index (χ4n) is 3.74. The van der Waals surface area contributed by atoms with Crippen LogP contribution in [0.4, 0.5) is 0 Å². The van der Waals surface area contributed by atoms with Crippen LogP contribution in [-0.4, -0.2) is 11.5 Å². The first-order valence-electron chi connectivity index (χ1n) is 9.12. The van der Waals surface area contributed by atoms with E-state index in [-0.39, 0.29) is 0 Å². The predicted octanol–water partition coefficient (Wildman–Crippen LogP) is 5.89. The standard InChI is InChI=1S/C22H24N2S/c1-2-15-8-7-11-17-18(10-5-6-13-23)22(24-21(15)17)19-14-25-20-12-4-3-9-16(19)20/h3-4,7-9,11-12,14,24H,2,5-6,10,13,23H2,1H3. The summed E-state index contributed by atoms with van der Waals surface area (Å²) in [7, 11) is 0. The highest BCUT2D eigenvalue weighted by molar-refractivity contribution is 7.17. The zero-order valence-corrected chi connectivity index (χ0v) is 15.5. The third-order valence-electron chi connectivity index (χ3n) is 5.04. The molecule has 0 atom stereocenters. The molecule has 25 heavy (non-hydrogen) atoms. The zero-order valence-electron chi connectivity index (χ0n) is 14.6. The molecule has 0 fully saturated rings. The Morgan fingerprint density at radius 1 is 1.00 bits per heavy atom. The molecule has 0 radical (unpaired) electrons. The van der Waals surface area contributed by atoms with Crippen LogP contribution in [0.1, 0.15) is 30.9 Å². The first-order valence-corrected chi connectivity index (χ1v) is 10.0. The number of nitrogens with one attached hydrogen (secondary N) is 1. The van der Waals surface area contributed by atoms with Gasteiger partial charge < -0.3 is 10.7 Å². The summed E-state index contributed by atoms with van der Waals surface area (Å²) in [6.45, 7) is 2.99. The number of rotatable bonds is 6. The minimum atomic E-state index is 0.763. The van der Waals surface area contributed by atoms with Crippen molar-refractivity contribution in [3.8, 4) is 11.3 Å². The van der Waals surface area contributed by atoms with Crippen LogP contribution in [0.5, 0.6) is 0 Å². The number of nitrogens with two attached hydrogens (primary N) is 1. The third kappa shape index (κ3) is 2.88. The van der Waals surface area contributed by atoms with Gasteiger partial charge in [0.2, 0.25) is 0 Å². The minimum absolute atomic E-state index is 0.763. The van der Waals surface area contributed by atoms with Crippen molar-refractivity contribution in [3.63, 3.8) is 0 Å². The van der Waals surface area contributed by atoms with Gasteiger partial charge in [0.25, 0.3) is 0 Å². The average molecular weight is 349 g/mol. The Morgan fingerprint density at radius 3 is 2.68 bits per heavy atom. The second-order valence-corrected chi connectivity index (χ2v) is 7.47. The Balaban J connectivity index is 1.93. The lowest BCUT2D eigenvalue weighted by Gasteiger charge is -2.05. The van der Waals surface area contributed by atoms with Crippen LogP contribution in [0.3, 0.4) is 0 Å². The second-order valence-electron chi connectivity index (χ2n) is 6.56. The molecule has 0 saturated carbocycles. The number of hydrogen-bond donors (Lipinski definition) is 2. The molecule has 3 heteroatoms. The molecule has 0 aliphatic rings. The van der Waals surface area contributed by atoms with Crippen molar-refractivity contribution in [1.29, 1.82) is 0 Å². The van der Waals surface area contributed by atoms with Crippen molar-refractivity contribution in [3.05, 3.63) is 59.0 Å². The SMILES string of the molecule is CCc1cccc2c(CCCCN)c(-c3csc4ccccc34)[nH]c12. The quantitative estimate of drug-likeness (QED) is 0.419. The predicted molar refractivity (Wildman–Crippen MR) is 110 cm³/mol. The molecule has 0 bridgehead atoms. The molecule has 128 valence electrons. The summed E-state index contributed by atoms with van der Waals surface area (Å²) in [6.07, 6.45) is 4.33. The van der Waals surface area contributed by atoms with Crippen molar-refractivity contribution in [2.24, 2.45) is 5.73 Å². The molecule has 2 heterocycles.